The van der Waals surface area contributed by atoms with Gasteiger partial charge in [-0.25, -0.2) is 0 Å². The quantitative estimate of drug-likeness (QED) is 0.0200. The molecular formula is C72H121NO18. The molecule has 17 unspecified atom stereocenters. The third-order valence-electron chi connectivity index (χ3n) is 16.6. The molecule has 0 aliphatic carbocycles. The molecule has 3 heterocycles. The highest BCUT2D eigenvalue weighted by molar-refractivity contribution is 5.76. The SMILES string of the molecule is CC/C=C\C/C=C\C/C=C\C/C=C\C/C=C\C/C=C\C/C=C\C/C=C\C/C=C\CCCCCCCCCC(=O)NC(COC1OC(CO)C(OC2OC(CO)C(OC3OC(CO)C(O)C(O)C3O)C(O)C2O)C(O)C1O)C(O)CCCCCCCCCCCCC. The van der Waals surface area contributed by atoms with Crippen LogP contribution in [0.25, 0.3) is 0 Å². The number of ether oxygens (including phenoxy) is 6. The first-order chi connectivity index (χ1) is 44.3. The van der Waals surface area contributed by atoms with Gasteiger partial charge in [-0.1, -0.05) is 226 Å². The third-order valence-corrected chi connectivity index (χ3v) is 16.6. The van der Waals surface area contributed by atoms with Crippen LogP contribution in [-0.4, -0.2) is 193 Å². The zero-order valence-electron chi connectivity index (χ0n) is 55.0. The van der Waals surface area contributed by atoms with Crippen molar-refractivity contribution in [1.29, 1.82) is 0 Å². The summed E-state index contributed by atoms with van der Waals surface area (Å²) in [7, 11) is 0. The van der Waals surface area contributed by atoms with Gasteiger partial charge in [-0.05, 0) is 83.5 Å². The van der Waals surface area contributed by atoms with Crippen molar-refractivity contribution < 1.29 is 89.4 Å². The van der Waals surface area contributed by atoms with Gasteiger partial charge in [0.1, 0.15) is 73.2 Å². The monoisotopic (exact) mass is 1290 g/mol. The highest BCUT2D eigenvalue weighted by Crippen LogP contribution is 2.33. The topological polar surface area (TPSA) is 307 Å². The van der Waals surface area contributed by atoms with Crippen LogP contribution in [0.1, 0.15) is 206 Å². The first-order valence-electron chi connectivity index (χ1n) is 34.6. The zero-order chi connectivity index (χ0) is 66.1. The van der Waals surface area contributed by atoms with Crippen molar-refractivity contribution in [2.24, 2.45) is 0 Å². The largest absolute Gasteiger partial charge is 0.394 e. The van der Waals surface area contributed by atoms with E-state index >= 15 is 0 Å². The van der Waals surface area contributed by atoms with Crippen molar-refractivity contribution in [2.45, 2.75) is 311 Å². The first kappa shape index (κ1) is 81.7. The number of allylic oxidation sites excluding steroid dienone is 18. The fourth-order valence-electron chi connectivity index (χ4n) is 11.0. The third kappa shape index (κ3) is 34.6. The molecule has 0 aromatic carbocycles. The number of nitrogens with one attached hydrogen (secondary N) is 1. The minimum absolute atomic E-state index is 0.246. The van der Waals surface area contributed by atoms with Gasteiger partial charge >= 0.3 is 0 Å². The fourth-order valence-corrected chi connectivity index (χ4v) is 11.0. The van der Waals surface area contributed by atoms with Crippen molar-refractivity contribution in [3.63, 3.8) is 0 Å². The summed E-state index contributed by atoms with van der Waals surface area (Å²) < 4.78 is 34.3. The molecule has 3 aliphatic rings. The highest BCUT2D eigenvalue weighted by atomic mass is 16.8. The van der Waals surface area contributed by atoms with Crippen LogP contribution >= 0.6 is 0 Å². The predicted molar refractivity (Wildman–Crippen MR) is 355 cm³/mol. The molecular weight excluding hydrogens is 1170 g/mol. The minimum Gasteiger partial charge on any atom is -0.394 e. The number of aliphatic hydroxyl groups is 11. The number of hydrogen-bond acceptors (Lipinski definition) is 18. The van der Waals surface area contributed by atoms with E-state index in [9.17, 15) is 61.0 Å². The lowest BCUT2D eigenvalue weighted by Crippen LogP contribution is -2.66. The Kier molecular flexibility index (Phi) is 47.3. The van der Waals surface area contributed by atoms with Crippen molar-refractivity contribution >= 4 is 5.91 Å². The summed E-state index contributed by atoms with van der Waals surface area (Å²) in [6.07, 6.45) is 43.2. The molecule has 3 aliphatic heterocycles. The second kappa shape index (κ2) is 52.7. The van der Waals surface area contributed by atoms with Crippen LogP contribution in [0.3, 0.4) is 0 Å². The van der Waals surface area contributed by atoms with Crippen molar-refractivity contribution in [3.05, 3.63) is 109 Å². The summed E-state index contributed by atoms with van der Waals surface area (Å²) in [4.78, 5) is 13.4. The molecule has 3 saturated heterocycles. The smallest absolute Gasteiger partial charge is 0.220 e. The van der Waals surface area contributed by atoms with E-state index in [1.807, 2.05) is 0 Å². The summed E-state index contributed by atoms with van der Waals surface area (Å²) in [5.74, 6) is -0.261. The molecule has 0 spiro atoms. The van der Waals surface area contributed by atoms with Crippen LogP contribution in [0.2, 0.25) is 0 Å². The molecule has 0 bridgehead atoms. The van der Waals surface area contributed by atoms with Crippen LogP contribution in [0.5, 0.6) is 0 Å². The van der Waals surface area contributed by atoms with Gasteiger partial charge in [-0.3, -0.25) is 4.79 Å². The molecule has 3 fully saturated rings. The number of aliphatic hydroxyl groups excluding tert-OH is 11. The molecule has 17 atom stereocenters. The molecule has 3 rings (SSSR count). The Balaban J connectivity index is 1.36. The Labute approximate surface area is 545 Å². The van der Waals surface area contributed by atoms with E-state index in [1.165, 1.54) is 44.9 Å². The summed E-state index contributed by atoms with van der Waals surface area (Å²) in [5, 5.41) is 120. The molecule has 91 heavy (non-hydrogen) atoms. The number of hydrogen-bond donors (Lipinski definition) is 12. The average molecular weight is 1290 g/mol. The van der Waals surface area contributed by atoms with Gasteiger partial charge < -0.3 is 89.9 Å². The maximum Gasteiger partial charge on any atom is 0.220 e. The van der Waals surface area contributed by atoms with Gasteiger partial charge in [0.2, 0.25) is 5.91 Å². The minimum atomic E-state index is -1.98. The van der Waals surface area contributed by atoms with Crippen LogP contribution < -0.4 is 5.32 Å². The zero-order valence-corrected chi connectivity index (χ0v) is 55.0. The molecule has 19 nitrogen and oxygen atoms in total. The molecule has 19 heteroatoms. The standard InChI is InChI=1S/C72H121NO18/c1-3-5-7-9-11-13-15-16-17-18-19-20-21-22-23-24-25-26-27-28-29-30-31-32-33-34-35-36-37-38-40-42-44-46-48-50-60(78)73-55(56(77)49-47-45-43-41-39-14-12-10-8-6-4-2)54-86-70-66(84)63(81)68(58(52-75)88-70)91-72-67(85)64(82)69(59(53-76)89-72)90-71-65(83)62(80)61(79)57(51-74)87-71/h5,7,11,13,16-17,19-20,22-23,25-26,28-29,31-32,34-35,55-59,61-72,74-77,79-85H,3-4,6,8-10,12,14-15,18,21,24,27,30,33,36-54H2,1-2H3,(H,73,78)/b7-5-,13-11-,17-16-,20-19-,23-22-,26-25-,29-28-,32-31-,35-34-. The summed E-state index contributed by atoms with van der Waals surface area (Å²) in [6.45, 7) is 1.63. The number of carbonyl (C=O) groups excluding carboxylic acids is 1. The maximum atomic E-state index is 13.4. The van der Waals surface area contributed by atoms with Gasteiger partial charge in [0.15, 0.2) is 18.9 Å². The average Bonchev–Trinajstić information content (AvgIpc) is 1.05. The molecule has 1 amide bonds. The fraction of sp³-hybridized carbons (Fsp3) is 0.736. The molecule has 522 valence electrons. The van der Waals surface area contributed by atoms with Crippen LogP contribution in [0.4, 0.5) is 0 Å². The van der Waals surface area contributed by atoms with Gasteiger partial charge in [0, 0.05) is 6.42 Å². The van der Waals surface area contributed by atoms with Gasteiger partial charge in [-0.15, -0.1) is 0 Å². The second-order valence-electron chi connectivity index (χ2n) is 24.3. The summed E-state index contributed by atoms with van der Waals surface area (Å²) in [6, 6.07) is -0.900. The Morgan fingerprint density at radius 1 is 0.407 bits per heavy atom. The van der Waals surface area contributed by atoms with E-state index in [0.717, 1.165) is 128 Å². The normalized spacial score (nSPS) is 28.6. The van der Waals surface area contributed by atoms with Crippen LogP contribution in [0, 0.1) is 0 Å². The van der Waals surface area contributed by atoms with Gasteiger partial charge in [-0.2, -0.15) is 0 Å². The number of unbranched alkanes of at least 4 members (excludes halogenated alkanes) is 17. The van der Waals surface area contributed by atoms with Crippen LogP contribution in [-0.2, 0) is 33.2 Å². The summed E-state index contributed by atoms with van der Waals surface area (Å²) in [5.41, 5.74) is 0. The van der Waals surface area contributed by atoms with Gasteiger partial charge in [0.05, 0.1) is 38.6 Å². The Morgan fingerprint density at radius 3 is 1.19 bits per heavy atom. The van der Waals surface area contributed by atoms with Crippen LogP contribution in [0.15, 0.2) is 109 Å². The number of rotatable bonds is 51. The van der Waals surface area contributed by atoms with Crippen molar-refractivity contribution in [3.8, 4) is 0 Å². The number of carbonyl (C=O) groups is 1. The van der Waals surface area contributed by atoms with E-state index in [2.05, 4.69) is 129 Å². The molecule has 0 aromatic rings. The number of amides is 1. The lowest BCUT2D eigenvalue weighted by atomic mass is 9.96. The van der Waals surface area contributed by atoms with E-state index in [1.54, 1.807) is 0 Å². The molecule has 0 radical (unpaired) electrons. The predicted octanol–water partition coefficient (Wildman–Crippen LogP) is 9.05. The van der Waals surface area contributed by atoms with E-state index in [-0.39, 0.29) is 18.9 Å². The Bertz CT molecular complexity index is 2070. The Hall–Kier alpha value is -3.55. The molecule has 0 saturated carbocycles. The van der Waals surface area contributed by atoms with Gasteiger partial charge in [0.25, 0.3) is 0 Å². The summed E-state index contributed by atoms with van der Waals surface area (Å²) >= 11 is 0. The molecule has 0 aromatic heterocycles. The lowest BCUT2D eigenvalue weighted by molar-refractivity contribution is -0.379. The Morgan fingerprint density at radius 2 is 0.758 bits per heavy atom. The van der Waals surface area contributed by atoms with E-state index in [4.69, 9.17) is 28.4 Å². The maximum absolute atomic E-state index is 13.4. The van der Waals surface area contributed by atoms with Crippen molar-refractivity contribution in [1.82, 2.24) is 5.32 Å². The second-order valence-corrected chi connectivity index (χ2v) is 24.3. The van der Waals surface area contributed by atoms with E-state index < -0.39 is 124 Å². The molecule has 12 N–H and O–H groups in total. The lowest BCUT2D eigenvalue weighted by Gasteiger charge is -2.48. The first-order valence-corrected chi connectivity index (χ1v) is 34.6. The van der Waals surface area contributed by atoms with E-state index in [0.29, 0.717) is 12.8 Å². The van der Waals surface area contributed by atoms with Crippen molar-refractivity contribution in [2.75, 3.05) is 26.4 Å². The highest BCUT2D eigenvalue weighted by Gasteiger charge is 2.53.